The molecule has 1 aliphatic heterocycles. The molecular formula is C23H27N3O3. The Balaban J connectivity index is 2.05. The van der Waals surface area contributed by atoms with E-state index < -0.39 is 23.4 Å². The van der Waals surface area contributed by atoms with E-state index in [0.717, 1.165) is 16.7 Å². The van der Waals surface area contributed by atoms with Gasteiger partial charge in [0, 0.05) is 11.2 Å². The Kier molecular flexibility index (Phi) is 5.22. The lowest BCUT2D eigenvalue weighted by atomic mass is 9.99. The summed E-state index contributed by atoms with van der Waals surface area (Å²) >= 11 is 0. The minimum atomic E-state index is -1.30. The number of rotatable bonds is 2. The van der Waals surface area contributed by atoms with Crippen molar-refractivity contribution in [1.29, 1.82) is 0 Å². The summed E-state index contributed by atoms with van der Waals surface area (Å²) in [6, 6.07) is 9.45. The number of aryl methyl sites for hydroxylation is 3. The highest BCUT2D eigenvalue weighted by Gasteiger charge is 2.45. The molecule has 152 valence electrons. The van der Waals surface area contributed by atoms with E-state index in [1.54, 1.807) is 24.3 Å². The van der Waals surface area contributed by atoms with Crippen molar-refractivity contribution < 1.29 is 14.4 Å². The average molecular weight is 393 g/mol. The number of benzene rings is 2. The third kappa shape index (κ3) is 3.88. The van der Waals surface area contributed by atoms with E-state index in [1.165, 1.54) is 4.90 Å². The molecule has 6 heteroatoms. The second-order valence-electron chi connectivity index (χ2n) is 8.55. The molecular weight excluding hydrogens is 366 g/mol. The highest BCUT2D eigenvalue weighted by molar-refractivity contribution is 6.20. The predicted octanol–water partition coefficient (Wildman–Crippen LogP) is 3.81. The van der Waals surface area contributed by atoms with Crippen molar-refractivity contribution in [3.05, 3.63) is 58.7 Å². The number of hydrogen-bond donors (Lipinski definition) is 2. The summed E-state index contributed by atoms with van der Waals surface area (Å²) in [4.78, 5) is 41.1. The molecule has 1 unspecified atom stereocenters. The van der Waals surface area contributed by atoms with Gasteiger partial charge in [0.2, 0.25) is 0 Å². The summed E-state index contributed by atoms with van der Waals surface area (Å²) in [5, 5.41) is 5.64. The summed E-state index contributed by atoms with van der Waals surface area (Å²) < 4.78 is 0. The van der Waals surface area contributed by atoms with Gasteiger partial charge in [-0.3, -0.25) is 14.4 Å². The largest absolute Gasteiger partial charge is 0.323 e. The first kappa shape index (κ1) is 20.6. The molecule has 1 aliphatic rings. The van der Waals surface area contributed by atoms with Crippen LogP contribution in [0.15, 0.2) is 36.4 Å². The van der Waals surface area contributed by atoms with Crippen LogP contribution in [-0.4, -0.2) is 34.2 Å². The first-order chi connectivity index (χ1) is 13.5. The molecule has 3 rings (SSSR count). The van der Waals surface area contributed by atoms with Crippen LogP contribution in [0.25, 0.3) is 0 Å². The summed E-state index contributed by atoms with van der Waals surface area (Å²) in [5.41, 5.74) is 3.60. The maximum Gasteiger partial charge on any atom is 0.257 e. The first-order valence-electron chi connectivity index (χ1n) is 9.63. The molecule has 1 atom stereocenters. The van der Waals surface area contributed by atoms with Gasteiger partial charge in [0.1, 0.15) is 0 Å². The van der Waals surface area contributed by atoms with Gasteiger partial charge in [-0.05, 0) is 64.8 Å². The topological polar surface area (TPSA) is 78.5 Å². The van der Waals surface area contributed by atoms with Crippen molar-refractivity contribution in [1.82, 2.24) is 4.90 Å². The number of anilines is 2. The highest BCUT2D eigenvalue weighted by Crippen LogP contribution is 2.30. The van der Waals surface area contributed by atoms with E-state index in [2.05, 4.69) is 10.6 Å². The van der Waals surface area contributed by atoms with E-state index in [0.29, 0.717) is 16.9 Å². The molecule has 0 aromatic heterocycles. The van der Waals surface area contributed by atoms with Gasteiger partial charge in [0.25, 0.3) is 17.7 Å². The molecule has 0 saturated carbocycles. The highest BCUT2D eigenvalue weighted by atomic mass is 16.2. The number of nitrogens with zero attached hydrogens (tertiary/aromatic N) is 1. The maximum atomic E-state index is 13.3. The van der Waals surface area contributed by atoms with E-state index in [1.807, 2.05) is 53.7 Å². The number of carbonyl (C=O) groups is 3. The molecule has 0 fully saturated rings. The van der Waals surface area contributed by atoms with Crippen molar-refractivity contribution in [3.8, 4) is 0 Å². The summed E-state index contributed by atoms with van der Waals surface area (Å²) in [7, 11) is 0. The van der Waals surface area contributed by atoms with Gasteiger partial charge < -0.3 is 15.5 Å². The van der Waals surface area contributed by atoms with Crippen LogP contribution in [0.1, 0.15) is 47.8 Å². The van der Waals surface area contributed by atoms with Gasteiger partial charge in [0.05, 0.1) is 11.3 Å². The van der Waals surface area contributed by atoms with Gasteiger partial charge in [-0.2, -0.15) is 0 Å². The quantitative estimate of drug-likeness (QED) is 0.762. The van der Waals surface area contributed by atoms with Crippen LogP contribution in [0.3, 0.4) is 0 Å². The normalized spacial score (nSPS) is 16.8. The van der Waals surface area contributed by atoms with E-state index in [4.69, 9.17) is 0 Å². The number of nitrogens with one attached hydrogen (secondary N) is 2. The second kappa shape index (κ2) is 7.35. The number of hydrogen-bond acceptors (Lipinski definition) is 3. The van der Waals surface area contributed by atoms with E-state index in [9.17, 15) is 14.4 Å². The summed E-state index contributed by atoms with van der Waals surface area (Å²) in [6.45, 7) is 11.2. The number of fused-ring (bicyclic) bond motifs is 1. The van der Waals surface area contributed by atoms with Crippen LogP contribution in [0, 0.1) is 20.8 Å². The Morgan fingerprint density at radius 2 is 1.62 bits per heavy atom. The minimum Gasteiger partial charge on any atom is -0.323 e. The van der Waals surface area contributed by atoms with Crippen LogP contribution < -0.4 is 10.6 Å². The lowest BCUT2D eigenvalue weighted by molar-refractivity contribution is -0.132. The van der Waals surface area contributed by atoms with Crippen molar-refractivity contribution in [3.63, 3.8) is 0 Å². The van der Waals surface area contributed by atoms with Crippen molar-refractivity contribution in [2.75, 3.05) is 10.6 Å². The van der Waals surface area contributed by atoms with Crippen molar-refractivity contribution in [2.24, 2.45) is 0 Å². The molecule has 3 amide bonds. The van der Waals surface area contributed by atoms with E-state index in [-0.39, 0.29) is 5.91 Å². The van der Waals surface area contributed by atoms with Crippen LogP contribution >= 0.6 is 0 Å². The minimum absolute atomic E-state index is 0.357. The van der Waals surface area contributed by atoms with Gasteiger partial charge in [0.15, 0.2) is 6.04 Å². The number of para-hydroxylation sites is 1. The van der Waals surface area contributed by atoms with Gasteiger partial charge in [-0.1, -0.05) is 29.8 Å². The predicted molar refractivity (Wildman–Crippen MR) is 114 cm³/mol. The number of amides is 3. The zero-order valence-electron chi connectivity index (χ0n) is 17.7. The van der Waals surface area contributed by atoms with Crippen LogP contribution in [0.2, 0.25) is 0 Å². The second-order valence-corrected chi connectivity index (χ2v) is 8.55. The summed E-state index contributed by atoms with van der Waals surface area (Å²) in [6.07, 6.45) is 0. The lowest BCUT2D eigenvalue weighted by Crippen LogP contribution is -2.59. The fourth-order valence-electron chi connectivity index (χ4n) is 3.84. The van der Waals surface area contributed by atoms with Crippen LogP contribution in [-0.2, 0) is 9.59 Å². The standard InChI is InChI=1S/C23H27N3O3/c1-13-11-14(2)18(15(3)12-13)25-21(28)19-20(27)24-17-10-8-7-9-16(17)22(29)26(19)23(4,5)6/h7-12,19H,1-6H3,(H,24,27)(H,25,28). The molecule has 1 heterocycles. The molecule has 0 bridgehead atoms. The van der Waals surface area contributed by atoms with E-state index >= 15 is 0 Å². The average Bonchev–Trinajstić information content (AvgIpc) is 2.72. The Bertz CT molecular complexity index is 982. The zero-order valence-corrected chi connectivity index (χ0v) is 17.7. The molecule has 2 aromatic rings. The first-order valence-corrected chi connectivity index (χ1v) is 9.63. The maximum absolute atomic E-state index is 13.3. The zero-order chi connectivity index (χ0) is 21.5. The Morgan fingerprint density at radius 3 is 2.21 bits per heavy atom. The molecule has 2 N–H and O–H groups in total. The van der Waals surface area contributed by atoms with Gasteiger partial charge in [-0.15, -0.1) is 0 Å². The Morgan fingerprint density at radius 1 is 1.03 bits per heavy atom. The molecule has 0 radical (unpaired) electrons. The monoisotopic (exact) mass is 393 g/mol. The Hall–Kier alpha value is -3.15. The SMILES string of the molecule is Cc1cc(C)c(NC(=O)C2C(=O)Nc3ccccc3C(=O)N2C(C)(C)C)c(C)c1. The third-order valence-electron chi connectivity index (χ3n) is 5.04. The number of carbonyl (C=O) groups excluding carboxylic acids is 3. The Labute approximate surface area is 171 Å². The molecule has 0 saturated heterocycles. The molecule has 2 aromatic carbocycles. The fourth-order valence-corrected chi connectivity index (χ4v) is 3.84. The van der Waals surface area contributed by atoms with Gasteiger partial charge in [-0.25, -0.2) is 0 Å². The van der Waals surface area contributed by atoms with Crippen molar-refractivity contribution in [2.45, 2.75) is 53.1 Å². The molecule has 0 spiro atoms. The van der Waals surface area contributed by atoms with Crippen LogP contribution in [0.4, 0.5) is 11.4 Å². The van der Waals surface area contributed by atoms with Crippen molar-refractivity contribution >= 4 is 29.1 Å². The molecule has 0 aliphatic carbocycles. The summed E-state index contributed by atoms with van der Waals surface area (Å²) in [5.74, 6) is -1.42. The molecule has 29 heavy (non-hydrogen) atoms. The molecule has 6 nitrogen and oxygen atoms in total. The lowest BCUT2D eigenvalue weighted by Gasteiger charge is -2.38. The third-order valence-corrected chi connectivity index (χ3v) is 5.04. The van der Waals surface area contributed by atoms with Crippen LogP contribution in [0.5, 0.6) is 0 Å². The fraction of sp³-hybridized carbons (Fsp3) is 0.348. The van der Waals surface area contributed by atoms with Gasteiger partial charge >= 0.3 is 0 Å². The smallest absolute Gasteiger partial charge is 0.257 e.